The lowest BCUT2D eigenvalue weighted by Gasteiger charge is -2.46. The summed E-state index contributed by atoms with van der Waals surface area (Å²) < 4.78 is 11.8. The molecule has 3 nitrogen and oxygen atoms in total. The molecule has 3 rings (SSSR count). The smallest absolute Gasteiger partial charge is 0.322 e. The fourth-order valence-electron chi connectivity index (χ4n) is 6.25. The summed E-state index contributed by atoms with van der Waals surface area (Å²) in [6.07, 6.45) is 18.3. The van der Waals surface area contributed by atoms with Gasteiger partial charge in [-0.25, -0.2) is 0 Å². The highest BCUT2D eigenvalue weighted by Crippen LogP contribution is 2.62. The Labute approximate surface area is 184 Å². The maximum atomic E-state index is 12.8. The van der Waals surface area contributed by atoms with Gasteiger partial charge in [0.25, 0.3) is 5.97 Å². The monoisotopic (exact) mass is 434 g/mol. The van der Waals surface area contributed by atoms with Gasteiger partial charge in [0.2, 0.25) is 9.76 Å². The molecule has 3 aliphatic rings. The van der Waals surface area contributed by atoms with Crippen LogP contribution in [0.25, 0.3) is 0 Å². The standard InChI is InChI=1S/C24H42O3Si2/c1-18(2)26-28-17-19(3)23(25)27-29-24(21-13-8-5-9-14-21)16-10-15-22(24)20-11-6-4-7-12-20/h18-22H,4-17H2,1-3H3. The maximum absolute atomic E-state index is 12.8. The molecule has 3 unspecified atom stereocenters. The Morgan fingerprint density at radius 3 is 2.24 bits per heavy atom. The Bertz CT molecular complexity index is 500. The number of rotatable bonds is 9. The van der Waals surface area contributed by atoms with E-state index in [-0.39, 0.29) is 18.0 Å². The first-order chi connectivity index (χ1) is 14.0. The molecule has 3 saturated carbocycles. The van der Waals surface area contributed by atoms with Crippen LogP contribution in [0.3, 0.4) is 0 Å². The molecule has 0 aromatic carbocycles. The normalized spacial score (nSPS) is 30.6. The molecule has 0 N–H and O–H groups in total. The van der Waals surface area contributed by atoms with Crippen LogP contribution in [-0.2, 0) is 13.6 Å². The summed E-state index contributed by atoms with van der Waals surface area (Å²) in [5, 5.41) is 0.300. The minimum atomic E-state index is -0.0440. The molecule has 0 aliphatic heterocycles. The number of carbonyl (C=O) groups excluding carboxylic acids is 1. The fraction of sp³-hybridized carbons (Fsp3) is 0.958. The van der Waals surface area contributed by atoms with E-state index in [1.807, 2.05) is 6.92 Å². The first kappa shape index (κ1) is 23.5. The van der Waals surface area contributed by atoms with E-state index in [2.05, 4.69) is 13.8 Å². The lowest BCUT2D eigenvalue weighted by atomic mass is 9.68. The molecule has 3 atom stereocenters. The quantitative estimate of drug-likeness (QED) is 0.396. The van der Waals surface area contributed by atoms with Crippen LogP contribution in [0.15, 0.2) is 0 Å². The van der Waals surface area contributed by atoms with Gasteiger partial charge in [0.1, 0.15) is 0 Å². The summed E-state index contributed by atoms with van der Waals surface area (Å²) >= 11 is 0. The Balaban J connectivity index is 1.64. The zero-order chi connectivity index (χ0) is 20.7. The highest BCUT2D eigenvalue weighted by molar-refractivity contribution is 6.36. The topological polar surface area (TPSA) is 35.5 Å². The predicted octanol–water partition coefficient (Wildman–Crippen LogP) is 6.37. The van der Waals surface area contributed by atoms with E-state index >= 15 is 0 Å². The van der Waals surface area contributed by atoms with Crippen LogP contribution in [0, 0.1) is 23.7 Å². The van der Waals surface area contributed by atoms with E-state index in [9.17, 15) is 4.79 Å². The molecule has 29 heavy (non-hydrogen) atoms. The van der Waals surface area contributed by atoms with Crippen LogP contribution in [0.1, 0.15) is 104 Å². The largest absolute Gasteiger partial charge is 0.516 e. The van der Waals surface area contributed by atoms with Gasteiger partial charge in [-0.3, -0.25) is 4.79 Å². The van der Waals surface area contributed by atoms with Gasteiger partial charge < -0.3 is 8.85 Å². The van der Waals surface area contributed by atoms with Crippen molar-refractivity contribution in [1.29, 1.82) is 0 Å². The first-order valence-electron chi connectivity index (χ1n) is 12.4. The van der Waals surface area contributed by atoms with Crippen molar-refractivity contribution in [2.75, 3.05) is 0 Å². The Hall–Kier alpha value is -0.136. The van der Waals surface area contributed by atoms with Crippen molar-refractivity contribution in [3.8, 4) is 0 Å². The molecule has 0 spiro atoms. The highest BCUT2D eigenvalue weighted by atomic mass is 28.2. The Morgan fingerprint density at radius 2 is 1.59 bits per heavy atom. The molecule has 0 saturated heterocycles. The molecule has 5 heteroatoms. The average molecular weight is 435 g/mol. The lowest BCUT2D eigenvalue weighted by Crippen LogP contribution is -2.40. The van der Waals surface area contributed by atoms with Crippen LogP contribution in [0.5, 0.6) is 0 Å². The van der Waals surface area contributed by atoms with Gasteiger partial charge in [-0.05, 0) is 50.5 Å². The van der Waals surface area contributed by atoms with Crippen molar-refractivity contribution in [2.45, 2.75) is 121 Å². The van der Waals surface area contributed by atoms with Crippen molar-refractivity contribution < 1.29 is 13.6 Å². The Kier molecular flexibility index (Phi) is 9.31. The van der Waals surface area contributed by atoms with Gasteiger partial charge in [-0.1, -0.05) is 77.6 Å². The van der Waals surface area contributed by atoms with Crippen molar-refractivity contribution in [1.82, 2.24) is 0 Å². The lowest BCUT2D eigenvalue weighted by molar-refractivity contribution is -0.138. The van der Waals surface area contributed by atoms with E-state index in [1.165, 1.54) is 83.5 Å². The Morgan fingerprint density at radius 1 is 0.931 bits per heavy atom. The summed E-state index contributed by atoms with van der Waals surface area (Å²) in [7, 11) is 0.773. The summed E-state index contributed by atoms with van der Waals surface area (Å²) in [5.74, 6) is 2.46. The second-order valence-corrected chi connectivity index (χ2v) is 12.5. The third-order valence-electron chi connectivity index (χ3n) is 7.77. The zero-order valence-corrected chi connectivity index (χ0v) is 21.0. The van der Waals surface area contributed by atoms with E-state index in [0.717, 1.165) is 23.8 Å². The summed E-state index contributed by atoms with van der Waals surface area (Å²) in [6.45, 7) is 6.12. The molecule has 0 aromatic heterocycles. The molecule has 164 valence electrons. The third-order valence-corrected chi connectivity index (χ3v) is 10.9. The second kappa shape index (κ2) is 11.5. The van der Waals surface area contributed by atoms with Crippen LogP contribution in [0.4, 0.5) is 0 Å². The van der Waals surface area contributed by atoms with Gasteiger partial charge in [0.15, 0.2) is 0 Å². The third kappa shape index (κ3) is 6.19. The van der Waals surface area contributed by atoms with Crippen LogP contribution < -0.4 is 0 Å². The van der Waals surface area contributed by atoms with Crippen LogP contribution in [0.2, 0.25) is 11.1 Å². The van der Waals surface area contributed by atoms with Gasteiger partial charge >= 0.3 is 9.76 Å². The van der Waals surface area contributed by atoms with Crippen molar-refractivity contribution in [2.24, 2.45) is 23.7 Å². The molecule has 4 radical (unpaired) electrons. The van der Waals surface area contributed by atoms with E-state index in [4.69, 9.17) is 8.85 Å². The number of carbonyl (C=O) groups is 1. The fourth-order valence-corrected chi connectivity index (χ4v) is 8.86. The number of hydrogen-bond acceptors (Lipinski definition) is 3. The first-order valence-corrected chi connectivity index (χ1v) is 14.4. The molecule has 3 aliphatic carbocycles. The summed E-state index contributed by atoms with van der Waals surface area (Å²) in [5.41, 5.74) is 0. The minimum Gasteiger partial charge on any atom is -0.516 e. The minimum absolute atomic E-state index is 0.0210. The molecular weight excluding hydrogens is 392 g/mol. The molecule has 0 heterocycles. The SMILES string of the molecule is CC(C)O[Si]CC(C)C(=O)O[Si]C1(C2CCCCC2)CCCC1C1CCCCC1. The maximum Gasteiger partial charge on any atom is 0.322 e. The average Bonchev–Trinajstić information content (AvgIpc) is 3.18. The van der Waals surface area contributed by atoms with Crippen LogP contribution >= 0.6 is 0 Å². The summed E-state index contributed by atoms with van der Waals surface area (Å²) in [4.78, 5) is 12.8. The number of hydrogen-bond donors (Lipinski definition) is 0. The van der Waals surface area contributed by atoms with Gasteiger partial charge in [0, 0.05) is 11.1 Å². The van der Waals surface area contributed by atoms with Gasteiger partial charge in [-0.15, -0.1) is 0 Å². The van der Waals surface area contributed by atoms with Gasteiger partial charge in [0.05, 0.1) is 5.92 Å². The van der Waals surface area contributed by atoms with E-state index < -0.39 is 0 Å². The van der Waals surface area contributed by atoms with Gasteiger partial charge in [-0.2, -0.15) is 0 Å². The zero-order valence-electron chi connectivity index (χ0n) is 19.0. The summed E-state index contributed by atoms with van der Waals surface area (Å²) in [6, 6.07) is 0.796. The molecule has 3 fully saturated rings. The van der Waals surface area contributed by atoms with E-state index in [1.54, 1.807) is 0 Å². The molecule has 0 aromatic rings. The molecule has 0 amide bonds. The molecule has 0 bridgehead atoms. The molecular formula is C24H42O3Si2. The predicted molar refractivity (Wildman–Crippen MR) is 121 cm³/mol. The van der Waals surface area contributed by atoms with Crippen molar-refractivity contribution in [3.63, 3.8) is 0 Å². The highest BCUT2D eigenvalue weighted by Gasteiger charge is 2.53. The second-order valence-electron chi connectivity index (χ2n) is 10.2. The van der Waals surface area contributed by atoms with Crippen molar-refractivity contribution >= 4 is 25.5 Å². The van der Waals surface area contributed by atoms with Crippen molar-refractivity contribution in [3.05, 3.63) is 0 Å². The van der Waals surface area contributed by atoms with Crippen LogP contribution in [-0.4, -0.2) is 31.6 Å². The van der Waals surface area contributed by atoms with E-state index in [0.29, 0.717) is 24.6 Å².